The number of nitrogen functional groups attached to an aromatic ring is 1. The highest BCUT2D eigenvalue weighted by Gasteiger charge is 2.25. The number of nitrogens with one attached hydrogen (secondary N) is 1. The van der Waals surface area contributed by atoms with Gasteiger partial charge in [-0.3, -0.25) is 4.79 Å². The number of ether oxygens (including phenoxy) is 1. The fourth-order valence-electron chi connectivity index (χ4n) is 2.90. The monoisotopic (exact) mass is 276 g/mol. The Balaban J connectivity index is 2.11. The van der Waals surface area contributed by atoms with Crippen molar-refractivity contribution in [3.8, 4) is 5.75 Å². The maximum atomic E-state index is 11.6. The molecule has 1 aliphatic carbocycles. The van der Waals surface area contributed by atoms with Crippen LogP contribution in [0.15, 0.2) is 18.2 Å². The Labute approximate surface area is 120 Å². The van der Waals surface area contributed by atoms with E-state index in [0.29, 0.717) is 22.9 Å². The predicted molar refractivity (Wildman–Crippen MR) is 80.9 cm³/mol. The van der Waals surface area contributed by atoms with Crippen LogP contribution in [-0.2, 0) is 0 Å². The van der Waals surface area contributed by atoms with E-state index in [2.05, 4.69) is 12.2 Å². The van der Waals surface area contributed by atoms with Gasteiger partial charge in [0, 0.05) is 12.6 Å². The molecule has 0 aliphatic heterocycles. The largest absolute Gasteiger partial charge is 0.488 e. The summed E-state index contributed by atoms with van der Waals surface area (Å²) in [4.78, 5) is 11.6. The maximum absolute atomic E-state index is 11.6. The molecular formula is C16H24N2O2. The lowest BCUT2D eigenvalue weighted by Gasteiger charge is -2.31. The summed E-state index contributed by atoms with van der Waals surface area (Å²) in [6.45, 7) is 2.21. The average Bonchev–Trinajstić information content (AvgIpc) is 2.49. The van der Waals surface area contributed by atoms with Gasteiger partial charge in [0.15, 0.2) is 0 Å². The molecule has 4 nitrogen and oxygen atoms in total. The second kappa shape index (κ2) is 6.64. The SMILES string of the molecule is CCC1CCCCC1Oc1ccc(C(=O)NC)cc1N. The van der Waals surface area contributed by atoms with Gasteiger partial charge < -0.3 is 15.8 Å². The quantitative estimate of drug-likeness (QED) is 0.831. The van der Waals surface area contributed by atoms with E-state index in [-0.39, 0.29) is 12.0 Å². The van der Waals surface area contributed by atoms with E-state index < -0.39 is 0 Å². The van der Waals surface area contributed by atoms with Crippen molar-refractivity contribution in [2.75, 3.05) is 12.8 Å². The molecule has 20 heavy (non-hydrogen) atoms. The smallest absolute Gasteiger partial charge is 0.251 e. The Morgan fingerprint density at radius 3 is 2.80 bits per heavy atom. The molecule has 3 N–H and O–H groups in total. The van der Waals surface area contributed by atoms with Crippen LogP contribution in [-0.4, -0.2) is 19.1 Å². The van der Waals surface area contributed by atoms with Crippen LogP contribution in [0.2, 0.25) is 0 Å². The van der Waals surface area contributed by atoms with Gasteiger partial charge in [-0.05, 0) is 49.8 Å². The van der Waals surface area contributed by atoms with Crippen LogP contribution in [0, 0.1) is 5.92 Å². The van der Waals surface area contributed by atoms with Gasteiger partial charge in [0.1, 0.15) is 11.9 Å². The topological polar surface area (TPSA) is 64.3 Å². The molecule has 1 amide bonds. The normalized spacial score (nSPS) is 22.3. The highest BCUT2D eigenvalue weighted by atomic mass is 16.5. The molecule has 1 aromatic carbocycles. The average molecular weight is 276 g/mol. The molecule has 110 valence electrons. The Hall–Kier alpha value is -1.71. The molecule has 2 atom stereocenters. The fraction of sp³-hybridized carbons (Fsp3) is 0.562. The molecule has 2 rings (SSSR count). The third kappa shape index (κ3) is 3.24. The molecular weight excluding hydrogens is 252 g/mol. The number of carbonyl (C=O) groups excluding carboxylic acids is 1. The molecule has 0 radical (unpaired) electrons. The van der Waals surface area contributed by atoms with E-state index in [1.54, 1.807) is 25.2 Å². The number of benzene rings is 1. The maximum Gasteiger partial charge on any atom is 0.251 e. The van der Waals surface area contributed by atoms with Crippen molar-refractivity contribution in [2.24, 2.45) is 5.92 Å². The van der Waals surface area contributed by atoms with E-state index in [0.717, 1.165) is 12.8 Å². The molecule has 0 spiro atoms. The van der Waals surface area contributed by atoms with Crippen molar-refractivity contribution in [2.45, 2.75) is 45.1 Å². The third-order valence-electron chi connectivity index (χ3n) is 4.14. The van der Waals surface area contributed by atoms with Crippen molar-refractivity contribution >= 4 is 11.6 Å². The van der Waals surface area contributed by atoms with Gasteiger partial charge in [-0.15, -0.1) is 0 Å². The lowest BCUT2D eigenvalue weighted by Crippen LogP contribution is -2.30. The molecule has 0 saturated heterocycles. The minimum atomic E-state index is -0.132. The first-order valence-corrected chi connectivity index (χ1v) is 7.44. The van der Waals surface area contributed by atoms with Crippen LogP contribution in [0.3, 0.4) is 0 Å². The van der Waals surface area contributed by atoms with Crippen molar-refractivity contribution < 1.29 is 9.53 Å². The molecule has 0 aromatic heterocycles. The van der Waals surface area contributed by atoms with Gasteiger partial charge in [0.05, 0.1) is 5.69 Å². The second-order valence-electron chi connectivity index (χ2n) is 5.44. The van der Waals surface area contributed by atoms with Crippen molar-refractivity contribution in [1.82, 2.24) is 5.32 Å². The van der Waals surface area contributed by atoms with E-state index >= 15 is 0 Å². The molecule has 2 unspecified atom stereocenters. The first kappa shape index (κ1) is 14.7. The Kier molecular flexibility index (Phi) is 4.88. The molecule has 1 fully saturated rings. The van der Waals surface area contributed by atoms with Crippen LogP contribution in [0.1, 0.15) is 49.4 Å². The summed E-state index contributed by atoms with van der Waals surface area (Å²) in [6.07, 6.45) is 6.23. The summed E-state index contributed by atoms with van der Waals surface area (Å²) in [7, 11) is 1.61. The van der Waals surface area contributed by atoms with E-state index in [4.69, 9.17) is 10.5 Å². The molecule has 4 heteroatoms. The summed E-state index contributed by atoms with van der Waals surface area (Å²) in [5, 5.41) is 2.59. The summed E-state index contributed by atoms with van der Waals surface area (Å²) in [5.41, 5.74) is 7.11. The van der Waals surface area contributed by atoms with E-state index in [9.17, 15) is 4.79 Å². The van der Waals surface area contributed by atoms with Gasteiger partial charge in [0.2, 0.25) is 0 Å². The van der Waals surface area contributed by atoms with Crippen molar-refractivity contribution in [3.63, 3.8) is 0 Å². The number of anilines is 1. The van der Waals surface area contributed by atoms with Crippen LogP contribution in [0.25, 0.3) is 0 Å². The van der Waals surface area contributed by atoms with Crippen LogP contribution in [0.4, 0.5) is 5.69 Å². The number of nitrogens with two attached hydrogens (primary N) is 1. The first-order chi connectivity index (χ1) is 9.65. The zero-order valence-electron chi connectivity index (χ0n) is 12.3. The molecule has 1 saturated carbocycles. The summed E-state index contributed by atoms with van der Waals surface area (Å²) >= 11 is 0. The highest BCUT2D eigenvalue weighted by molar-refractivity contribution is 5.95. The van der Waals surface area contributed by atoms with Gasteiger partial charge in [-0.25, -0.2) is 0 Å². The number of hydrogen-bond acceptors (Lipinski definition) is 3. The number of rotatable bonds is 4. The van der Waals surface area contributed by atoms with Gasteiger partial charge in [0.25, 0.3) is 5.91 Å². The van der Waals surface area contributed by atoms with E-state index in [1.165, 1.54) is 19.3 Å². The third-order valence-corrected chi connectivity index (χ3v) is 4.14. The Morgan fingerprint density at radius 2 is 2.15 bits per heavy atom. The van der Waals surface area contributed by atoms with Crippen molar-refractivity contribution in [1.29, 1.82) is 0 Å². The van der Waals surface area contributed by atoms with Crippen LogP contribution >= 0.6 is 0 Å². The highest BCUT2D eigenvalue weighted by Crippen LogP contribution is 2.32. The Bertz CT molecular complexity index is 474. The summed E-state index contributed by atoms with van der Waals surface area (Å²) in [6, 6.07) is 5.24. The van der Waals surface area contributed by atoms with Gasteiger partial charge in [-0.2, -0.15) is 0 Å². The summed E-state index contributed by atoms with van der Waals surface area (Å²) in [5.74, 6) is 1.18. The molecule has 1 aromatic rings. The van der Waals surface area contributed by atoms with Gasteiger partial charge >= 0.3 is 0 Å². The standard InChI is InChI=1S/C16H24N2O2/c1-3-11-6-4-5-7-14(11)20-15-9-8-12(10-13(15)17)16(19)18-2/h8-11,14H,3-7,17H2,1-2H3,(H,18,19). The first-order valence-electron chi connectivity index (χ1n) is 7.44. The zero-order chi connectivity index (χ0) is 14.5. The van der Waals surface area contributed by atoms with Crippen LogP contribution in [0.5, 0.6) is 5.75 Å². The fourth-order valence-corrected chi connectivity index (χ4v) is 2.90. The molecule has 0 heterocycles. The molecule has 1 aliphatic rings. The summed E-state index contributed by atoms with van der Waals surface area (Å²) < 4.78 is 6.10. The zero-order valence-corrected chi connectivity index (χ0v) is 12.3. The predicted octanol–water partition coefficient (Wildman–Crippen LogP) is 2.98. The van der Waals surface area contributed by atoms with Crippen LogP contribution < -0.4 is 15.8 Å². The number of amides is 1. The molecule has 0 bridgehead atoms. The number of carbonyl (C=O) groups is 1. The number of hydrogen-bond donors (Lipinski definition) is 2. The van der Waals surface area contributed by atoms with E-state index in [1.807, 2.05) is 0 Å². The minimum Gasteiger partial charge on any atom is -0.488 e. The second-order valence-corrected chi connectivity index (χ2v) is 5.44. The Morgan fingerprint density at radius 1 is 1.40 bits per heavy atom. The lowest BCUT2D eigenvalue weighted by molar-refractivity contribution is 0.0910. The lowest BCUT2D eigenvalue weighted by atomic mass is 9.85. The minimum absolute atomic E-state index is 0.132. The van der Waals surface area contributed by atoms with Crippen molar-refractivity contribution in [3.05, 3.63) is 23.8 Å². The van der Waals surface area contributed by atoms with Gasteiger partial charge in [-0.1, -0.05) is 13.3 Å².